The van der Waals surface area contributed by atoms with Gasteiger partial charge in [-0.1, -0.05) is 6.07 Å². The second-order valence-electron chi connectivity index (χ2n) is 4.40. The normalized spacial score (nSPS) is 11.6. The van der Waals surface area contributed by atoms with E-state index >= 15 is 0 Å². The summed E-state index contributed by atoms with van der Waals surface area (Å²) in [6.45, 7) is 0. The highest BCUT2D eigenvalue weighted by Crippen LogP contribution is 2.29. The summed E-state index contributed by atoms with van der Waals surface area (Å²) in [4.78, 5) is 0. The van der Waals surface area contributed by atoms with Crippen LogP contribution < -0.4 is 9.51 Å². The highest BCUT2D eigenvalue weighted by Gasteiger charge is 2.12. The fraction of sp³-hybridized carbons (Fsp3) is 0. The fourth-order valence-electron chi connectivity index (χ4n) is 2.55. The number of aromatic nitrogens is 2. The third-order valence-corrected chi connectivity index (χ3v) is 3.35. The molecular weight excluding hydrogens is 224 g/mol. The molecular formula is C15H10N2O. The molecule has 0 saturated heterocycles. The van der Waals surface area contributed by atoms with E-state index in [4.69, 9.17) is 0 Å². The van der Waals surface area contributed by atoms with Gasteiger partial charge in [0, 0.05) is 29.9 Å². The number of nitrogens with zero attached hydrogens (tertiary/aromatic N) is 2. The highest BCUT2D eigenvalue weighted by atomic mass is 16.3. The largest absolute Gasteiger partial charge is 0.868 e. The zero-order valence-electron chi connectivity index (χ0n) is 9.58. The van der Waals surface area contributed by atoms with Gasteiger partial charge in [0.1, 0.15) is 0 Å². The molecule has 0 fully saturated rings. The molecule has 0 saturated carbocycles. The average molecular weight is 234 g/mol. The van der Waals surface area contributed by atoms with Gasteiger partial charge in [0.15, 0.2) is 12.4 Å². The quantitative estimate of drug-likeness (QED) is 0.428. The molecule has 4 aromatic heterocycles. The summed E-state index contributed by atoms with van der Waals surface area (Å²) in [5.41, 5.74) is 2.12. The Morgan fingerprint density at radius 1 is 1.06 bits per heavy atom. The molecule has 0 aromatic carbocycles. The first-order valence-electron chi connectivity index (χ1n) is 5.84. The molecule has 18 heavy (non-hydrogen) atoms. The number of hydrogen-bond donors (Lipinski definition) is 0. The van der Waals surface area contributed by atoms with E-state index < -0.39 is 0 Å². The van der Waals surface area contributed by atoms with Gasteiger partial charge in [-0.3, -0.25) is 0 Å². The lowest BCUT2D eigenvalue weighted by atomic mass is 10.2. The molecule has 4 heterocycles. The van der Waals surface area contributed by atoms with Crippen LogP contribution >= 0.6 is 0 Å². The van der Waals surface area contributed by atoms with Gasteiger partial charge < -0.3 is 9.51 Å². The van der Waals surface area contributed by atoms with Crippen LogP contribution in [0.3, 0.4) is 0 Å². The smallest absolute Gasteiger partial charge is 0.220 e. The molecule has 3 heteroatoms. The van der Waals surface area contributed by atoms with Crippen LogP contribution in [0.5, 0.6) is 5.75 Å². The van der Waals surface area contributed by atoms with Gasteiger partial charge in [-0.2, -0.15) is 4.40 Å². The van der Waals surface area contributed by atoms with Crippen LogP contribution in [0, 0.1) is 0 Å². The summed E-state index contributed by atoms with van der Waals surface area (Å²) in [5.74, 6) is 0.0531. The molecule has 0 amide bonds. The van der Waals surface area contributed by atoms with E-state index in [9.17, 15) is 5.11 Å². The summed E-state index contributed by atoms with van der Waals surface area (Å²) < 4.78 is 3.89. The fourth-order valence-corrected chi connectivity index (χ4v) is 2.55. The van der Waals surface area contributed by atoms with E-state index in [1.54, 1.807) is 6.20 Å². The van der Waals surface area contributed by atoms with Crippen molar-refractivity contribution in [2.75, 3.05) is 0 Å². The molecule has 0 radical (unpaired) electrons. The highest BCUT2D eigenvalue weighted by molar-refractivity contribution is 6.08. The standard InChI is InChI=1S/C15H10N2O/c18-14-10-17-8-4-2-6-13(17)15-11(14)9-16-7-3-1-5-12(15)16/h1-10H. The van der Waals surface area contributed by atoms with E-state index in [1.807, 2.05) is 63.8 Å². The molecule has 0 aliphatic rings. The molecule has 0 spiro atoms. The third kappa shape index (κ3) is 1.10. The summed E-state index contributed by atoms with van der Waals surface area (Å²) in [7, 11) is 0. The van der Waals surface area contributed by atoms with Crippen LogP contribution in [-0.4, -0.2) is 4.40 Å². The maximum absolute atomic E-state index is 12.1. The van der Waals surface area contributed by atoms with Crippen molar-refractivity contribution in [1.29, 1.82) is 0 Å². The Labute approximate surface area is 103 Å². The van der Waals surface area contributed by atoms with Gasteiger partial charge in [-0.15, -0.1) is 0 Å². The Morgan fingerprint density at radius 3 is 2.89 bits per heavy atom. The molecule has 0 unspecified atom stereocenters. The Balaban J connectivity index is 2.41. The molecule has 0 N–H and O–H groups in total. The molecule has 0 atom stereocenters. The van der Waals surface area contributed by atoms with Crippen molar-refractivity contribution in [3.05, 3.63) is 61.2 Å². The van der Waals surface area contributed by atoms with Gasteiger partial charge in [0.05, 0.1) is 10.9 Å². The van der Waals surface area contributed by atoms with Crippen molar-refractivity contribution >= 4 is 21.8 Å². The van der Waals surface area contributed by atoms with E-state index in [-0.39, 0.29) is 5.75 Å². The zero-order valence-corrected chi connectivity index (χ0v) is 9.58. The molecule has 86 valence electrons. The summed E-state index contributed by atoms with van der Waals surface area (Å²) >= 11 is 0. The monoisotopic (exact) mass is 234 g/mol. The minimum atomic E-state index is 0.0531. The van der Waals surface area contributed by atoms with Crippen molar-refractivity contribution in [2.24, 2.45) is 0 Å². The lowest BCUT2D eigenvalue weighted by molar-refractivity contribution is -0.516. The molecule has 4 aromatic rings. The van der Waals surface area contributed by atoms with Crippen LogP contribution in [-0.2, 0) is 0 Å². The van der Waals surface area contributed by atoms with Gasteiger partial charge in [-0.05, 0) is 23.9 Å². The van der Waals surface area contributed by atoms with E-state index in [1.165, 1.54) is 0 Å². The summed E-state index contributed by atoms with van der Waals surface area (Å²) in [5, 5.41) is 13.9. The minimum absolute atomic E-state index is 0.0531. The van der Waals surface area contributed by atoms with Crippen molar-refractivity contribution in [1.82, 2.24) is 4.40 Å². The first-order valence-corrected chi connectivity index (χ1v) is 5.84. The molecule has 0 aliphatic carbocycles. The zero-order chi connectivity index (χ0) is 12.1. The third-order valence-electron chi connectivity index (χ3n) is 3.35. The predicted molar refractivity (Wildman–Crippen MR) is 67.5 cm³/mol. The van der Waals surface area contributed by atoms with Crippen molar-refractivity contribution in [2.45, 2.75) is 0 Å². The van der Waals surface area contributed by atoms with Crippen LogP contribution in [0.25, 0.3) is 21.8 Å². The number of rotatable bonds is 0. The molecule has 0 bridgehead atoms. The molecule has 3 nitrogen and oxygen atoms in total. The number of fused-ring (bicyclic) bond motifs is 5. The Kier molecular flexibility index (Phi) is 1.70. The summed E-state index contributed by atoms with van der Waals surface area (Å²) in [6.07, 6.45) is 7.41. The lowest BCUT2D eigenvalue weighted by Crippen LogP contribution is -2.21. The molecule has 0 aliphatic heterocycles. The van der Waals surface area contributed by atoms with Crippen LogP contribution in [0.1, 0.15) is 0 Å². The number of hydrogen-bond acceptors (Lipinski definition) is 1. The van der Waals surface area contributed by atoms with Gasteiger partial charge >= 0.3 is 0 Å². The van der Waals surface area contributed by atoms with E-state index in [2.05, 4.69) is 0 Å². The Bertz CT molecular complexity index is 893. The van der Waals surface area contributed by atoms with Gasteiger partial charge in [0.2, 0.25) is 5.52 Å². The maximum atomic E-state index is 12.1. The van der Waals surface area contributed by atoms with E-state index in [0.717, 1.165) is 21.8 Å². The topological polar surface area (TPSA) is 31.6 Å². The van der Waals surface area contributed by atoms with Crippen molar-refractivity contribution in [3.63, 3.8) is 0 Å². The van der Waals surface area contributed by atoms with Gasteiger partial charge in [0.25, 0.3) is 0 Å². The predicted octanol–water partition coefficient (Wildman–Crippen LogP) is 1.90. The minimum Gasteiger partial charge on any atom is -0.868 e. The number of pyridine rings is 3. The summed E-state index contributed by atoms with van der Waals surface area (Å²) in [6, 6.07) is 11.9. The van der Waals surface area contributed by atoms with Crippen LogP contribution in [0.15, 0.2) is 61.2 Å². The first-order chi connectivity index (χ1) is 8.84. The maximum Gasteiger partial charge on any atom is 0.220 e. The lowest BCUT2D eigenvalue weighted by Gasteiger charge is -2.04. The Hall–Kier alpha value is -2.55. The average Bonchev–Trinajstić information content (AvgIpc) is 2.79. The molecule has 4 rings (SSSR count). The Morgan fingerprint density at radius 2 is 1.94 bits per heavy atom. The van der Waals surface area contributed by atoms with Crippen LogP contribution in [0.4, 0.5) is 0 Å². The SMILES string of the molecule is [O-]c1c[n+]2ccccc2c2c1cn1ccccc21. The first kappa shape index (κ1) is 9.48. The van der Waals surface area contributed by atoms with Gasteiger partial charge in [-0.25, -0.2) is 0 Å². The second-order valence-corrected chi connectivity index (χ2v) is 4.40. The van der Waals surface area contributed by atoms with Crippen LogP contribution in [0.2, 0.25) is 0 Å². The van der Waals surface area contributed by atoms with Crippen molar-refractivity contribution in [3.8, 4) is 5.75 Å². The van der Waals surface area contributed by atoms with E-state index in [0.29, 0.717) is 0 Å². The second kappa shape index (κ2) is 3.23. The van der Waals surface area contributed by atoms with Crippen molar-refractivity contribution < 1.29 is 9.51 Å².